The van der Waals surface area contributed by atoms with Crippen molar-refractivity contribution in [3.05, 3.63) is 82.7 Å². The Bertz CT molecular complexity index is 1430. The number of rotatable bonds is 9. The first-order valence-corrected chi connectivity index (χ1v) is 11.7. The Morgan fingerprint density at radius 3 is 2.44 bits per heavy atom. The number of carbonyl (C=O) groups is 2. The summed E-state index contributed by atoms with van der Waals surface area (Å²) in [6.45, 7) is 2.08. The van der Waals surface area contributed by atoms with Crippen molar-refractivity contribution in [3.8, 4) is 11.5 Å². The molecule has 4 aromatic rings. The number of benzene rings is 3. The lowest BCUT2D eigenvalue weighted by Gasteiger charge is -2.17. The van der Waals surface area contributed by atoms with Crippen LogP contribution in [0.3, 0.4) is 0 Å². The minimum atomic E-state index is -0.889. The van der Waals surface area contributed by atoms with Crippen molar-refractivity contribution in [2.75, 3.05) is 7.11 Å². The van der Waals surface area contributed by atoms with E-state index < -0.39 is 23.7 Å². The highest BCUT2D eigenvalue weighted by Gasteiger charge is 2.23. The molecule has 0 aliphatic heterocycles. The molecular formula is C28H27NO7. The minimum Gasteiger partial charge on any atom is -0.497 e. The van der Waals surface area contributed by atoms with Crippen molar-refractivity contribution in [3.63, 3.8) is 0 Å². The lowest BCUT2D eigenvalue weighted by atomic mass is 10.1. The number of nitrogens with one attached hydrogen (secondary N) is 1. The van der Waals surface area contributed by atoms with Gasteiger partial charge in [-0.1, -0.05) is 50.1 Å². The zero-order valence-electron chi connectivity index (χ0n) is 20.1. The average molecular weight is 490 g/mol. The molecule has 0 fully saturated rings. The summed E-state index contributed by atoms with van der Waals surface area (Å²) in [4.78, 5) is 37.8. The molecule has 8 nitrogen and oxygen atoms in total. The number of unbranched alkanes of at least 4 members (excludes halogenated alkanes) is 1. The predicted octanol–water partition coefficient (Wildman–Crippen LogP) is 5.35. The van der Waals surface area contributed by atoms with Gasteiger partial charge < -0.3 is 23.9 Å². The van der Waals surface area contributed by atoms with Crippen LogP contribution in [0.25, 0.3) is 21.7 Å². The summed E-state index contributed by atoms with van der Waals surface area (Å²) in [6.07, 6.45) is 1.23. The second kappa shape index (κ2) is 11.4. The first-order chi connectivity index (χ1) is 17.5. The molecule has 1 N–H and O–H groups in total. The van der Waals surface area contributed by atoms with Crippen molar-refractivity contribution in [1.29, 1.82) is 0 Å². The van der Waals surface area contributed by atoms with Gasteiger partial charge in [0.15, 0.2) is 0 Å². The fraction of sp³-hybridized carbons (Fsp3) is 0.250. The van der Waals surface area contributed by atoms with E-state index in [0.717, 1.165) is 12.0 Å². The maximum Gasteiger partial charge on any atom is 0.408 e. The molecule has 186 valence electrons. The largest absolute Gasteiger partial charge is 0.497 e. The fourth-order valence-electron chi connectivity index (χ4n) is 3.83. The van der Waals surface area contributed by atoms with Gasteiger partial charge in [0.25, 0.3) is 0 Å². The molecule has 1 heterocycles. The zero-order valence-corrected chi connectivity index (χ0v) is 20.1. The van der Waals surface area contributed by atoms with Crippen LogP contribution in [0, 0.1) is 0 Å². The number of fused-ring (bicyclic) bond motifs is 3. The third-order valence-corrected chi connectivity index (χ3v) is 5.75. The number of hydrogen-bond acceptors (Lipinski definition) is 7. The van der Waals surface area contributed by atoms with E-state index in [1.54, 1.807) is 30.3 Å². The van der Waals surface area contributed by atoms with Crippen LogP contribution in [0.1, 0.15) is 31.7 Å². The Kier molecular flexibility index (Phi) is 7.85. The van der Waals surface area contributed by atoms with Gasteiger partial charge in [-0.25, -0.2) is 14.4 Å². The second-order valence-electron chi connectivity index (χ2n) is 8.28. The lowest BCUT2D eigenvalue weighted by Crippen LogP contribution is -2.43. The molecule has 3 aromatic carbocycles. The average Bonchev–Trinajstić information content (AvgIpc) is 2.90. The summed E-state index contributed by atoms with van der Waals surface area (Å²) in [5, 5.41) is 4.38. The fourth-order valence-corrected chi connectivity index (χ4v) is 3.83. The van der Waals surface area contributed by atoms with Crippen LogP contribution in [0.5, 0.6) is 11.5 Å². The SMILES string of the molecule is CCCCC(NC(=O)OCc1ccccc1)C(=O)Oc1ccc2c(c1)oc(=O)c1cc(OC)ccc12. The first kappa shape index (κ1) is 24.8. The highest BCUT2D eigenvalue weighted by Crippen LogP contribution is 2.28. The van der Waals surface area contributed by atoms with Gasteiger partial charge >= 0.3 is 17.7 Å². The maximum atomic E-state index is 12.9. The number of carbonyl (C=O) groups excluding carboxylic acids is 2. The van der Waals surface area contributed by atoms with E-state index >= 15 is 0 Å². The molecule has 0 aliphatic rings. The molecule has 0 bridgehead atoms. The van der Waals surface area contributed by atoms with E-state index in [9.17, 15) is 14.4 Å². The van der Waals surface area contributed by atoms with Gasteiger partial charge in [-0.3, -0.25) is 0 Å². The summed E-state index contributed by atoms with van der Waals surface area (Å²) in [5.41, 5.74) is 0.593. The molecule has 1 atom stereocenters. The molecule has 4 rings (SSSR count). The van der Waals surface area contributed by atoms with Crippen molar-refractivity contribution in [1.82, 2.24) is 5.32 Å². The molecule has 36 heavy (non-hydrogen) atoms. The number of amides is 1. The molecule has 1 unspecified atom stereocenters. The number of ether oxygens (including phenoxy) is 3. The van der Waals surface area contributed by atoms with Gasteiger partial charge in [0, 0.05) is 16.8 Å². The van der Waals surface area contributed by atoms with Gasteiger partial charge in [-0.15, -0.1) is 0 Å². The zero-order chi connectivity index (χ0) is 25.5. The Morgan fingerprint density at radius 1 is 0.944 bits per heavy atom. The number of methoxy groups -OCH3 is 1. The summed E-state index contributed by atoms with van der Waals surface area (Å²) in [6, 6.07) is 18.4. The molecule has 0 saturated carbocycles. The van der Waals surface area contributed by atoms with E-state index in [1.807, 2.05) is 37.3 Å². The molecular weight excluding hydrogens is 462 g/mol. The molecule has 0 radical (unpaired) electrons. The summed E-state index contributed by atoms with van der Waals surface area (Å²) in [5.74, 6) is 0.115. The minimum absolute atomic E-state index is 0.0890. The van der Waals surface area contributed by atoms with Gasteiger partial charge in [0.1, 0.15) is 29.7 Å². The first-order valence-electron chi connectivity index (χ1n) is 11.7. The smallest absolute Gasteiger partial charge is 0.408 e. The van der Waals surface area contributed by atoms with E-state index in [1.165, 1.54) is 13.2 Å². The summed E-state index contributed by atoms with van der Waals surface area (Å²) >= 11 is 0. The normalized spacial score (nSPS) is 11.7. The number of hydrogen-bond donors (Lipinski definition) is 1. The third-order valence-electron chi connectivity index (χ3n) is 5.75. The molecule has 1 aromatic heterocycles. The van der Waals surface area contributed by atoms with Crippen LogP contribution < -0.4 is 20.4 Å². The number of esters is 1. The van der Waals surface area contributed by atoms with E-state index in [2.05, 4.69) is 5.32 Å². The van der Waals surface area contributed by atoms with Gasteiger partial charge in [0.2, 0.25) is 0 Å². The van der Waals surface area contributed by atoms with Gasteiger partial charge in [0.05, 0.1) is 12.5 Å². The van der Waals surface area contributed by atoms with Crippen LogP contribution in [0.15, 0.2) is 75.9 Å². The van der Waals surface area contributed by atoms with Gasteiger partial charge in [-0.05, 0) is 42.3 Å². The van der Waals surface area contributed by atoms with Crippen LogP contribution in [0.2, 0.25) is 0 Å². The van der Waals surface area contributed by atoms with Crippen LogP contribution in [-0.2, 0) is 16.1 Å². The van der Waals surface area contributed by atoms with Crippen LogP contribution >= 0.6 is 0 Å². The molecule has 1 amide bonds. The molecule has 0 saturated heterocycles. The van der Waals surface area contributed by atoms with Crippen molar-refractivity contribution >= 4 is 33.8 Å². The topological polar surface area (TPSA) is 104 Å². The van der Waals surface area contributed by atoms with Gasteiger partial charge in [-0.2, -0.15) is 0 Å². The van der Waals surface area contributed by atoms with Crippen molar-refractivity contribution < 1.29 is 28.2 Å². The lowest BCUT2D eigenvalue weighted by molar-refractivity contribution is -0.136. The monoisotopic (exact) mass is 489 g/mol. The summed E-state index contributed by atoms with van der Waals surface area (Å²) in [7, 11) is 1.52. The van der Waals surface area contributed by atoms with E-state index in [0.29, 0.717) is 34.7 Å². The quantitative estimate of drug-likeness (QED) is 0.146. The highest BCUT2D eigenvalue weighted by molar-refractivity contribution is 6.05. The van der Waals surface area contributed by atoms with Crippen molar-refractivity contribution in [2.24, 2.45) is 0 Å². The third kappa shape index (κ3) is 5.83. The molecule has 0 aliphatic carbocycles. The molecule has 0 spiro atoms. The highest BCUT2D eigenvalue weighted by atomic mass is 16.6. The Hall–Kier alpha value is -4.33. The van der Waals surface area contributed by atoms with E-state index in [4.69, 9.17) is 18.6 Å². The maximum absolute atomic E-state index is 12.9. The van der Waals surface area contributed by atoms with Crippen LogP contribution in [0.4, 0.5) is 4.79 Å². The van der Waals surface area contributed by atoms with Crippen LogP contribution in [-0.4, -0.2) is 25.2 Å². The van der Waals surface area contributed by atoms with Crippen molar-refractivity contribution in [2.45, 2.75) is 38.8 Å². The Labute approximate surface area is 207 Å². The Morgan fingerprint density at radius 2 is 1.69 bits per heavy atom. The number of alkyl carbamates (subject to hydrolysis) is 1. The molecule has 8 heteroatoms. The second-order valence-corrected chi connectivity index (χ2v) is 8.28. The predicted molar refractivity (Wildman–Crippen MR) is 135 cm³/mol. The standard InChI is InChI=1S/C28H27NO7/c1-3-4-10-24(29-28(32)34-17-18-8-6-5-7-9-18)27(31)35-20-12-14-22-21-13-11-19(33-2)15-23(21)26(30)36-25(22)16-20/h5-9,11-16,24H,3-4,10,17H2,1-2H3,(H,29,32). The summed E-state index contributed by atoms with van der Waals surface area (Å²) < 4.78 is 21.5. The Balaban J connectivity index is 1.49. The van der Waals surface area contributed by atoms with E-state index in [-0.39, 0.29) is 17.9 Å².